The van der Waals surface area contributed by atoms with Gasteiger partial charge in [0.25, 0.3) is 0 Å². The molecule has 1 aliphatic rings. The Morgan fingerprint density at radius 3 is 2.74 bits per heavy atom. The molecule has 130 valence electrons. The molecule has 6 nitrogen and oxygen atoms in total. The summed E-state index contributed by atoms with van der Waals surface area (Å²) in [5.41, 5.74) is 6.32. The molecule has 2 N–H and O–H groups in total. The number of pyridine rings is 1. The summed E-state index contributed by atoms with van der Waals surface area (Å²) in [6.07, 6.45) is -3.05. The number of nitrogens with two attached hydrogens (primary N) is 1. The van der Waals surface area contributed by atoms with Crippen LogP contribution in [0.5, 0.6) is 5.88 Å². The number of hydrogen-bond donors (Lipinski definition) is 1. The van der Waals surface area contributed by atoms with Crippen molar-refractivity contribution in [1.29, 1.82) is 0 Å². The van der Waals surface area contributed by atoms with Crippen molar-refractivity contribution in [3.8, 4) is 5.88 Å². The van der Waals surface area contributed by atoms with E-state index in [1.54, 1.807) is 12.1 Å². The fourth-order valence-corrected chi connectivity index (χ4v) is 1.88. The molecular formula is C13H18F3IN4O2. The Morgan fingerprint density at radius 2 is 2.09 bits per heavy atom. The average Bonchev–Trinajstić information content (AvgIpc) is 2.51. The highest BCUT2D eigenvalue weighted by Crippen LogP contribution is 2.20. The minimum atomic E-state index is -4.41. The maximum Gasteiger partial charge on any atom is 0.422 e. The summed E-state index contributed by atoms with van der Waals surface area (Å²) in [6.45, 7) is 1.13. The van der Waals surface area contributed by atoms with Gasteiger partial charge in [-0.1, -0.05) is 6.07 Å². The normalized spacial score (nSPS) is 16.0. The van der Waals surface area contributed by atoms with Crippen LogP contribution in [0.25, 0.3) is 0 Å². The van der Waals surface area contributed by atoms with Crippen LogP contribution in [0.1, 0.15) is 5.56 Å². The van der Waals surface area contributed by atoms with Gasteiger partial charge in [0.2, 0.25) is 5.88 Å². The van der Waals surface area contributed by atoms with E-state index in [1.807, 2.05) is 4.90 Å². The summed E-state index contributed by atoms with van der Waals surface area (Å²) >= 11 is 0. The van der Waals surface area contributed by atoms with E-state index in [-0.39, 0.29) is 36.4 Å². The fourth-order valence-electron chi connectivity index (χ4n) is 1.88. The highest BCUT2D eigenvalue weighted by molar-refractivity contribution is 14.0. The molecule has 1 fully saturated rings. The highest BCUT2D eigenvalue weighted by atomic mass is 127. The van der Waals surface area contributed by atoms with Gasteiger partial charge in [0, 0.05) is 24.8 Å². The van der Waals surface area contributed by atoms with Gasteiger partial charge >= 0.3 is 6.18 Å². The largest absolute Gasteiger partial charge is 0.468 e. The van der Waals surface area contributed by atoms with Crippen molar-refractivity contribution in [3.05, 3.63) is 23.9 Å². The molecule has 23 heavy (non-hydrogen) atoms. The molecule has 10 heteroatoms. The fraction of sp³-hybridized carbons (Fsp3) is 0.538. The Morgan fingerprint density at radius 1 is 1.39 bits per heavy atom. The van der Waals surface area contributed by atoms with E-state index < -0.39 is 12.8 Å². The lowest BCUT2D eigenvalue weighted by Gasteiger charge is -2.27. The molecule has 0 amide bonds. The van der Waals surface area contributed by atoms with Gasteiger partial charge in [0.1, 0.15) is 0 Å². The average molecular weight is 446 g/mol. The van der Waals surface area contributed by atoms with Crippen LogP contribution in [0.2, 0.25) is 0 Å². The number of nitrogens with zero attached hydrogens (tertiary/aromatic N) is 3. The number of rotatable bonds is 4. The van der Waals surface area contributed by atoms with Crippen LogP contribution in [0.3, 0.4) is 0 Å². The first-order valence-electron chi connectivity index (χ1n) is 6.72. The van der Waals surface area contributed by atoms with E-state index in [0.29, 0.717) is 37.8 Å². The third kappa shape index (κ3) is 6.77. The second-order valence-corrected chi connectivity index (χ2v) is 4.65. The maximum absolute atomic E-state index is 12.2. The van der Waals surface area contributed by atoms with Crippen LogP contribution >= 0.6 is 24.0 Å². The summed E-state index contributed by atoms with van der Waals surface area (Å²) < 4.78 is 46.5. The van der Waals surface area contributed by atoms with Gasteiger partial charge in [-0.15, -0.1) is 24.0 Å². The van der Waals surface area contributed by atoms with E-state index in [1.165, 1.54) is 6.20 Å². The zero-order chi connectivity index (χ0) is 16.0. The lowest BCUT2D eigenvalue weighted by molar-refractivity contribution is -0.154. The lowest BCUT2D eigenvalue weighted by atomic mass is 10.3. The Bertz CT molecular complexity index is 522. The molecule has 0 aliphatic carbocycles. The van der Waals surface area contributed by atoms with Crippen molar-refractivity contribution >= 4 is 29.9 Å². The molecule has 1 aliphatic heterocycles. The van der Waals surface area contributed by atoms with Crippen LogP contribution in [0.15, 0.2) is 23.3 Å². The first-order valence-corrected chi connectivity index (χ1v) is 6.72. The molecule has 0 radical (unpaired) electrons. The highest BCUT2D eigenvalue weighted by Gasteiger charge is 2.29. The Balaban J connectivity index is 0.00000264. The smallest absolute Gasteiger partial charge is 0.422 e. The number of aliphatic imine (C=N–C) groups is 1. The van der Waals surface area contributed by atoms with Gasteiger partial charge in [-0.05, 0) is 6.07 Å². The van der Waals surface area contributed by atoms with Gasteiger partial charge in [0.15, 0.2) is 12.6 Å². The van der Waals surface area contributed by atoms with Crippen molar-refractivity contribution in [2.45, 2.75) is 12.7 Å². The number of alkyl halides is 3. The summed E-state index contributed by atoms with van der Waals surface area (Å²) in [5.74, 6) is 0.243. The Hall–Kier alpha value is -1.30. The number of halogens is 4. The second kappa shape index (κ2) is 9.11. The SMILES string of the molecule is I.NC(=NCc1cccnc1OCC(F)(F)F)N1CCOCC1. The molecule has 0 saturated carbocycles. The second-order valence-electron chi connectivity index (χ2n) is 4.65. The number of aromatic nitrogens is 1. The summed E-state index contributed by atoms with van der Waals surface area (Å²) in [7, 11) is 0. The Kier molecular flexibility index (Phi) is 7.82. The zero-order valence-corrected chi connectivity index (χ0v) is 14.6. The molecule has 0 unspecified atom stereocenters. The monoisotopic (exact) mass is 446 g/mol. The van der Waals surface area contributed by atoms with Gasteiger partial charge < -0.3 is 20.1 Å². The van der Waals surface area contributed by atoms with Crippen LogP contribution in [-0.2, 0) is 11.3 Å². The molecule has 2 rings (SSSR count). The molecule has 0 bridgehead atoms. The van der Waals surface area contributed by atoms with Crippen LogP contribution in [0, 0.1) is 0 Å². The molecule has 1 aromatic rings. The Labute approximate surface area is 148 Å². The minimum Gasteiger partial charge on any atom is -0.468 e. The van der Waals surface area contributed by atoms with Crippen LogP contribution in [0.4, 0.5) is 13.2 Å². The van der Waals surface area contributed by atoms with Crippen LogP contribution < -0.4 is 10.5 Å². The van der Waals surface area contributed by atoms with Gasteiger partial charge in [0.05, 0.1) is 19.8 Å². The van der Waals surface area contributed by atoms with Gasteiger partial charge in [-0.2, -0.15) is 13.2 Å². The predicted molar refractivity (Wildman–Crippen MR) is 88.9 cm³/mol. The summed E-state index contributed by atoms with van der Waals surface area (Å²) in [4.78, 5) is 9.85. The van der Waals surface area contributed by atoms with E-state index in [0.717, 1.165) is 0 Å². The molecule has 0 aromatic carbocycles. The molecule has 1 aromatic heterocycles. The third-order valence-electron chi connectivity index (χ3n) is 2.97. The minimum absolute atomic E-state index is 0. The molecule has 1 saturated heterocycles. The number of hydrogen-bond acceptors (Lipinski definition) is 4. The number of guanidine groups is 1. The first-order chi connectivity index (χ1) is 10.5. The zero-order valence-electron chi connectivity index (χ0n) is 12.3. The van der Waals surface area contributed by atoms with E-state index in [9.17, 15) is 13.2 Å². The first kappa shape index (κ1) is 19.7. The van der Waals surface area contributed by atoms with Gasteiger partial charge in [-0.25, -0.2) is 9.98 Å². The topological polar surface area (TPSA) is 73.0 Å². The van der Waals surface area contributed by atoms with Crippen molar-refractivity contribution in [2.75, 3.05) is 32.9 Å². The standard InChI is InChI=1S/C13H17F3N4O2.HI/c14-13(15,16)9-22-11-10(2-1-3-18-11)8-19-12(17)20-4-6-21-7-5-20;/h1-3H,4-9H2,(H2,17,19);1H. The number of morpholine rings is 1. The molecular weight excluding hydrogens is 428 g/mol. The number of ether oxygens (including phenoxy) is 2. The molecule has 2 heterocycles. The lowest BCUT2D eigenvalue weighted by Crippen LogP contribution is -2.44. The van der Waals surface area contributed by atoms with Crippen molar-refractivity contribution in [2.24, 2.45) is 10.7 Å². The van der Waals surface area contributed by atoms with Crippen LogP contribution in [-0.4, -0.2) is 54.9 Å². The van der Waals surface area contributed by atoms with Crippen molar-refractivity contribution in [1.82, 2.24) is 9.88 Å². The van der Waals surface area contributed by atoms with E-state index in [4.69, 9.17) is 15.2 Å². The van der Waals surface area contributed by atoms with Gasteiger partial charge in [-0.3, -0.25) is 0 Å². The summed E-state index contributed by atoms with van der Waals surface area (Å²) in [5, 5.41) is 0. The third-order valence-corrected chi connectivity index (χ3v) is 2.97. The van der Waals surface area contributed by atoms with Crippen molar-refractivity contribution < 1.29 is 22.6 Å². The predicted octanol–water partition coefficient (Wildman–Crippen LogP) is 1.79. The summed E-state index contributed by atoms with van der Waals surface area (Å²) in [6, 6.07) is 3.21. The van der Waals surface area contributed by atoms with E-state index >= 15 is 0 Å². The molecule has 0 atom stereocenters. The maximum atomic E-state index is 12.2. The van der Waals surface area contributed by atoms with Crippen molar-refractivity contribution in [3.63, 3.8) is 0 Å². The quantitative estimate of drug-likeness (QED) is 0.434. The van der Waals surface area contributed by atoms with E-state index in [2.05, 4.69) is 9.98 Å². The molecule has 0 spiro atoms.